The van der Waals surface area contributed by atoms with Gasteiger partial charge >= 0.3 is 0 Å². The zero-order valence-electron chi connectivity index (χ0n) is 14.1. The standard InChI is InChI=1S/C16H24N6O/c1-12-6-5-7-14(8-12)23-13(2)9-18-16(17-3)19-10-15-20-11-21-22(15)4/h5-8,11,13H,9-10H2,1-4H3,(H2,17,18,19). The van der Waals surface area contributed by atoms with E-state index in [0.29, 0.717) is 19.0 Å². The normalized spacial score (nSPS) is 12.8. The number of aryl methyl sites for hydroxylation is 2. The summed E-state index contributed by atoms with van der Waals surface area (Å²) in [6.07, 6.45) is 1.55. The molecule has 0 aliphatic carbocycles. The van der Waals surface area contributed by atoms with Crippen LogP contribution >= 0.6 is 0 Å². The third kappa shape index (κ3) is 5.28. The Bertz CT molecular complexity index is 652. The molecular weight excluding hydrogens is 292 g/mol. The molecule has 1 aromatic carbocycles. The van der Waals surface area contributed by atoms with Gasteiger partial charge in [-0.05, 0) is 31.5 Å². The molecule has 1 aromatic heterocycles. The van der Waals surface area contributed by atoms with Gasteiger partial charge in [0.2, 0.25) is 0 Å². The van der Waals surface area contributed by atoms with Gasteiger partial charge in [0.1, 0.15) is 24.0 Å². The van der Waals surface area contributed by atoms with Crippen LogP contribution in [0.3, 0.4) is 0 Å². The molecular formula is C16H24N6O. The first-order valence-corrected chi connectivity index (χ1v) is 7.59. The van der Waals surface area contributed by atoms with Gasteiger partial charge in [0.25, 0.3) is 0 Å². The van der Waals surface area contributed by atoms with Crippen molar-refractivity contribution in [2.24, 2.45) is 12.0 Å². The summed E-state index contributed by atoms with van der Waals surface area (Å²) in [7, 11) is 3.59. The number of ether oxygens (including phenoxy) is 1. The topological polar surface area (TPSA) is 76.4 Å². The summed E-state index contributed by atoms with van der Waals surface area (Å²) in [6.45, 7) is 5.27. The minimum absolute atomic E-state index is 0.0187. The number of aromatic nitrogens is 3. The maximum Gasteiger partial charge on any atom is 0.191 e. The average molecular weight is 316 g/mol. The Morgan fingerprint density at radius 2 is 2.22 bits per heavy atom. The number of aliphatic imine (C=N–C) groups is 1. The SMILES string of the molecule is CN=C(NCc1ncnn1C)NCC(C)Oc1cccc(C)c1. The summed E-state index contributed by atoms with van der Waals surface area (Å²) in [5, 5.41) is 10.5. The Morgan fingerprint density at radius 1 is 1.39 bits per heavy atom. The molecule has 2 aromatic rings. The van der Waals surface area contributed by atoms with Crippen molar-refractivity contribution in [1.82, 2.24) is 25.4 Å². The van der Waals surface area contributed by atoms with E-state index in [9.17, 15) is 0 Å². The van der Waals surface area contributed by atoms with Gasteiger partial charge in [0, 0.05) is 14.1 Å². The number of rotatable bonds is 6. The van der Waals surface area contributed by atoms with Crippen molar-refractivity contribution >= 4 is 5.96 Å². The van der Waals surface area contributed by atoms with Gasteiger partial charge in [-0.1, -0.05) is 12.1 Å². The van der Waals surface area contributed by atoms with Gasteiger partial charge in [-0.3, -0.25) is 9.67 Å². The Labute approximate surface area is 136 Å². The second-order valence-corrected chi connectivity index (χ2v) is 5.35. The van der Waals surface area contributed by atoms with Crippen molar-refractivity contribution in [1.29, 1.82) is 0 Å². The van der Waals surface area contributed by atoms with Crippen LogP contribution in [0.2, 0.25) is 0 Å². The summed E-state index contributed by atoms with van der Waals surface area (Å²) >= 11 is 0. The number of guanidine groups is 1. The molecule has 2 rings (SSSR count). The molecule has 0 bridgehead atoms. The second-order valence-electron chi connectivity index (χ2n) is 5.35. The van der Waals surface area contributed by atoms with E-state index < -0.39 is 0 Å². The summed E-state index contributed by atoms with van der Waals surface area (Å²) in [6, 6.07) is 8.03. The Balaban J connectivity index is 1.77. The van der Waals surface area contributed by atoms with Crippen LogP contribution in [0.5, 0.6) is 5.75 Å². The first kappa shape index (κ1) is 16.8. The third-order valence-electron chi connectivity index (χ3n) is 3.33. The number of nitrogens with one attached hydrogen (secondary N) is 2. The number of nitrogens with zero attached hydrogens (tertiary/aromatic N) is 4. The van der Waals surface area contributed by atoms with Crippen molar-refractivity contribution in [3.8, 4) is 5.75 Å². The first-order valence-electron chi connectivity index (χ1n) is 7.59. The van der Waals surface area contributed by atoms with E-state index in [1.54, 1.807) is 11.7 Å². The van der Waals surface area contributed by atoms with E-state index in [-0.39, 0.29) is 6.10 Å². The van der Waals surface area contributed by atoms with Crippen LogP contribution in [0.15, 0.2) is 35.6 Å². The minimum atomic E-state index is 0.0187. The van der Waals surface area contributed by atoms with Gasteiger partial charge in [-0.2, -0.15) is 5.10 Å². The fourth-order valence-electron chi connectivity index (χ4n) is 2.07. The summed E-state index contributed by atoms with van der Waals surface area (Å²) in [4.78, 5) is 8.35. The van der Waals surface area contributed by atoms with E-state index >= 15 is 0 Å². The molecule has 7 heteroatoms. The first-order chi connectivity index (χ1) is 11.1. The van der Waals surface area contributed by atoms with Crippen molar-refractivity contribution in [3.63, 3.8) is 0 Å². The molecule has 124 valence electrons. The van der Waals surface area contributed by atoms with Crippen molar-refractivity contribution in [2.75, 3.05) is 13.6 Å². The zero-order valence-corrected chi connectivity index (χ0v) is 14.1. The van der Waals surface area contributed by atoms with Gasteiger partial charge < -0.3 is 15.4 Å². The highest BCUT2D eigenvalue weighted by molar-refractivity contribution is 5.79. The second kappa shape index (κ2) is 8.17. The molecule has 2 N–H and O–H groups in total. The van der Waals surface area contributed by atoms with Gasteiger partial charge in [0.05, 0.1) is 13.1 Å². The van der Waals surface area contributed by atoms with Crippen LogP contribution in [-0.2, 0) is 13.6 Å². The molecule has 0 amide bonds. The molecule has 1 heterocycles. The minimum Gasteiger partial charge on any atom is -0.489 e. The Hall–Kier alpha value is -2.57. The van der Waals surface area contributed by atoms with E-state index in [2.05, 4.69) is 25.7 Å². The van der Waals surface area contributed by atoms with Crippen LogP contribution in [-0.4, -0.2) is 40.4 Å². The predicted octanol–water partition coefficient (Wildman–Crippen LogP) is 1.26. The highest BCUT2D eigenvalue weighted by atomic mass is 16.5. The number of hydrogen-bond donors (Lipinski definition) is 2. The Kier molecular flexibility index (Phi) is 5.96. The lowest BCUT2D eigenvalue weighted by Crippen LogP contribution is -2.41. The van der Waals surface area contributed by atoms with Gasteiger partial charge in [-0.25, -0.2) is 4.98 Å². The van der Waals surface area contributed by atoms with Crippen LogP contribution in [0.1, 0.15) is 18.3 Å². The maximum absolute atomic E-state index is 5.89. The average Bonchev–Trinajstić information content (AvgIpc) is 2.93. The largest absolute Gasteiger partial charge is 0.489 e. The Morgan fingerprint density at radius 3 is 2.87 bits per heavy atom. The van der Waals surface area contributed by atoms with Crippen molar-refractivity contribution in [3.05, 3.63) is 42.0 Å². The third-order valence-corrected chi connectivity index (χ3v) is 3.33. The molecule has 0 spiro atoms. The molecule has 1 unspecified atom stereocenters. The van der Waals surface area contributed by atoms with E-state index in [1.807, 2.05) is 45.2 Å². The van der Waals surface area contributed by atoms with Crippen LogP contribution in [0, 0.1) is 6.92 Å². The van der Waals surface area contributed by atoms with Gasteiger partial charge in [-0.15, -0.1) is 0 Å². The molecule has 0 saturated heterocycles. The number of hydrogen-bond acceptors (Lipinski definition) is 4. The fourth-order valence-corrected chi connectivity index (χ4v) is 2.07. The van der Waals surface area contributed by atoms with Crippen molar-refractivity contribution < 1.29 is 4.74 Å². The summed E-state index contributed by atoms with van der Waals surface area (Å²) in [5.41, 5.74) is 1.18. The lowest BCUT2D eigenvalue weighted by atomic mass is 10.2. The van der Waals surface area contributed by atoms with E-state index in [0.717, 1.165) is 11.6 Å². The molecule has 0 fully saturated rings. The highest BCUT2D eigenvalue weighted by Crippen LogP contribution is 2.13. The fraction of sp³-hybridized carbons (Fsp3) is 0.438. The monoisotopic (exact) mass is 316 g/mol. The molecule has 0 aliphatic rings. The molecule has 0 aliphatic heterocycles. The smallest absolute Gasteiger partial charge is 0.191 e. The van der Waals surface area contributed by atoms with E-state index in [4.69, 9.17) is 4.74 Å². The lowest BCUT2D eigenvalue weighted by Gasteiger charge is -2.18. The van der Waals surface area contributed by atoms with E-state index in [1.165, 1.54) is 11.9 Å². The van der Waals surface area contributed by atoms with Crippen LogP contribution in [0.25, 0.3) is 0 Å². The predicted molar refractivity (Wildman–Crippen MR) is 90.5 cm³/mol. The maximum atomic E-state index is 5.89. The van der Waals surface area contributed by atoms with Gasteiger partial charge in [0.15, 0.2) is 5.96 Å². The quantitative estimate of drug-likeness (QED) is 0.620. The molecule has 0 saturated carbocycles. The summed E-state index contributed by atoms with van der Waals surface area (Å²) in [5.74, 6) is 2.42. The summed E-state index contributed by atoms with van der Waals surface area (Å²) < 4.78 is 7.61. The molecule has 1 atom stereocenters. The molecule has 23 heavy (non-hydrogen) atoms. The van der Waals surface area contributed by atoms with Crippen molar-refractivity contribution in [2.45, 2.75) is 26.5 Å². The highest BCUT2D eigenvalue weighted by Gasteiger charge is 2.07. The lowest BCUT2D eigenvalue weighted by molar-refractivity contribution is 0.223. The molecule has 0 radical (unpaired) electrons. The molecule has 7 nitrogen and oxygen atoms in total. The number of benzene rings is 1. The van der Waals surface area contributed by atoms with Crippen LogP contribution in [0.4, 0.5) is 0 Å². The zero-order chi connectivity index (χ0) is 16.7. The van der Waals surface area contributed by atoms with Crippen LogP contribution < -0.4 is 15.4 Å².